The minimum absolute atomic E-state index is 0.160. The molecule has 3 rings (SSSR count). The zero-order valence-electron chi connectivity index (χ0n) is 12.0. The number of hydrogen-bond acceptors (Lipinski definition) is 2. The summed E-state index contributed by atoms with van der Waals surface area (Å²) in [6.45, 7) is 2.01. The fourth-order valence-corrected chi connectivity index (χ4v) is 3.38. The molecule has 1 amide bonds. The Kier molecular flexibility index (Phi) is 4.36. The molecule has 1 aromatic carbocycles. The van der Waals surface area contributed by atoms with Crippen LogP contribution >= 0.6 is 0 Å². The molecule has 0 bridgehead atoms. The van der Waals surface area contributed by atoms with E-state index in [4.69, 9.17) is 0 Å². The number of amides is 1. The first kappa shape index (κ1) is 13.6. The number of rotatable bonds is 2. The second kappa shape index (κ2) is 6.40. The van der Waals surface area contributed by atoms with Gasteiger partial charge in [0.25, 0.3) is 0 Å². The van der Waals surface area contributed by atoms with Crippen LogP contribution in [-0.2, 0) is 17.6 Å². The summed E-state index contributed by atoms with van der Waals surface area (Å²) >= 11 is 0. The third-order valence-electron chi connectivity index (χ3n) is 4.61. The summed E-state index contributed by atoms with van der Waals surface area (Å²) in [6, 6.07) is 8.85. The Bertz CT molecular complexity index is 464. The highest BCUT2D eigenvalue weighted by atomic mass is 16.1. The molecule has 1 saturated heterocycles. The lowest BCUT2D eigenvalue weighted by Gasteiger charge is -2.26. The van der Waals surface area contributed by atoms with E-state index in [1.807, 2.05) is 0 Å². The van der Waals surface area contributed by atoms with Gasteiger partial charge in [-0.05, 0) is 49.8 Å². The average molecular weight is 272 g/mol. The smallest absolute Gasteiger partial charge is 0.223 e. The van der Waals surface area contributed by atoms with Crippen LogP contribution in [0.3, 0.4) is 0 Å². The maximum absolute atomic E-state index is 12.4. The molecule has 0 radical (unpaired) electrons. The zero-order valence-corrected chi connectivity index (χ0v) is 12.0. The average Bonchev–Trinajstić information content (AvgIpc) is 2.75. The predicted molar refractivity (Wildman–Crippen MR) is 80.6 cm³/mol. The number of carbonyl (C=O) groups is 1. The van der Waals surface area contributed by atoms with Gasteiger partial charge in [0.2, 0.25) is 5.91 Å². The molecule has 108 valence electrons. The van der Waals surface area contributed by atoms with Crippen molar-refractivity contribution in [3.05, 3.63) is 35.4 Å². The van der Waals surface area contributed by atoms with E-state index in [0.29, 0.717) is 6.04 Å². The van der Waals surface area contributed by atoms with Gasteiger partial charge in [0.1, 0.15) is 0 Å². The summed E-state index contributed by atoms with van der Waals surface area (Å²) in [5.74, 6) is 0.418. The van der Waals surface area contributed by atoms with Crippen molar-refractivity contribution in [2.45, 2.75) is 44.6 Å². The maximum Gasteiger partial charge on any atom is 0.223 e. The van der Waals surface area contributed by atoms with Crippen LogP contribution in [0.4, 0.5) is 0 Å². The highest BCUT2D eigenvalue weighted by Gasteiger charge is 2.26. The molecule has 0 aromatic heterocycles. The molecule has 0 saturated carbocycles. The van der Waals surface area contributed by atoms with Crippen LogP contribution in [0.2, 0.25) is 0 Å². The topological polar surface area (TPSA) is 41.1 Å². The standard InChI is InChI=1S/C17H24N2O/c20-17(19-16-7-3-4-10-18-12-16)15-9-8-13-5-1-2-6-14(13)11-15/h1-2,5-6,15-16,18H,3-4,7-12H2,(H,19,20). The van der Waals surface area contributed by atoms with Gasteiger partial charge in [-0.3, -0.25) is 4.79 Å². The zero-order chi connectivity index (χ0) is 13.8. The molecule has 2 aliphatic rings. The van der Waals surface area contributed by atoms with E-state index in [0.717, 1.165) is 38.8 Å². The summed E-state index contributed by atoms with van der Waals surface area (Å²) < 4.78 is 0. The molecule has 1 heterocycles. The van der Waals surface area contributed by atoms with Crippen molar-refractivity contribution in [2.24, 2.45) is 5.92 Å². The summed E-state index contributed by atoms with van der Waals surface area (Å²) in [4.78, 5) is 12.4. The van der Waals surface area contributed by atoms with E-state index in [9.17, 15) is 4.79 Å². The minimum Gasteiger partial charge on any atom is -0.352 e. The van der Waals surface area contributed by atoms with E-state index in [2.05, 4.69) is 34.9 Å². The molecule has 3 heteroatoms. The summed E-state index contributed by atoms with van der Waals surface area (Å²) in [6.07, 6.45) is 6.49. The first-order chi connectivity index (χ1) is 9.83. The van der Waals surface area contributed by atoms with E-state index in [1.54, 1.807) is 0 Å². The fraction of sp³-hybridized carbons (Fsp3) is 0.588. The minimum atomic E-state index is 0.160. The molecule has 1 aliphatic heterocycles. The van der Waals surface area contributed by atoms with Crippen LogP contribution in [0.1, 0.15) is 36.8 Å². The van der Waals surface area contributed by atoms with Crippen LogP contribution in [0.5, 0.6) is 0 Å². The molecule has 0 spiro atoms. The van der Waals surface area contributed by atoms with Gasteiger partial charge in [-0.25, -0.2) is 0 Å². The van der Waals surface area contributed by atoms with Gasteiger partial charge in [0, 0.05) is 18.5 Å². The Morgan fingerprint density at radius 1 is 1.15 bits per heavy atom. The largest absolute Gasteiger partial charge is 0.352 e. The third kappa shape index (κ3) is 3.21. The quantitative estimate of drug-likeness (QED) is 0.865. The molecule has 20 heavy (non-hydrogen) atoms. The lowest BCUT2D eigenvalue weighted by molar-refractivity contribution is -0.126. The van der Waals surface area contributed by atoms with Crippen LogP contribution < -0.4 is 10.6 Å². The number of benzene rings is 1. The van der Waals surface area contributed by atoms with Crippen LogP contribution in [0, 0.1) is 5.92 Å². The van der Waals surface area contributed by atoms with Crippen molar-refractivity contribution in [3.63, 3.8) is 0 Å². The van der Waals surface area contributed by atoms with Gasteiger partial charge in [-0.15, -0.1) is 0 Å². The van der Waals surface area contributed by atoms with Crippen molar-refractivity contribution in [1.29, 1.82) is 0 Å². The Hall–Kier alpha value is -1.35. The number of fused-ring (bicyclic) bond motifs is 1. The van der Waals surface area contributed by atoms with E-state index < -0.39 is 0 Å². The number of nitrogens with one attached hydrogen (secondary N) is 2. The van der Waals surface area contributed by atoms with Crippen LogP contribution in [-0.4, -0.2) is 25.0 Å². The highest BCUT2D eigenvalue weighted by Crippen LogP contribution is 2.25. The van der Waals surface area contributed by atoms with Crippen molar-refractivity contribution in [3.8, 4) is 0 Å². The molecule has 1 aromatic rings. The fourth-order valence-electron chi connectivity index (χ4n) is 3.38. The van der Waals surface area contributed by atoms with E-state index in [1.165, 1.54) is 24.0 Å². The normalized spacial score (nSPS) is 26.4. The second-order valence-corrected chi connectivity index (χ2v) is 6.11. The van der Waals surface area contributed by atoms with Gasteiger partial charge in [-0.2, -0.15) is 0 Å². The molecule has 1 fully saturated rings. The van der Waals surface area contributed by atoms with Gasteiger partial charge in [0.05, 0.1) is 0 Å². The molecule has 2 unspecified atom stereocenters. The third-order valence-corrected chi connectivity index (χ3v) is 4.61. The molecule has 2 N–H and O–H groups in total. The van der Waals surface area contributed by atoms with Crippen molar-refractivity contribution in [1.82, 2.24) is 10.6 Å². The van der Waals surface area contributed by atoms with E-state index in [-0.39, 0.29) is 11.8 Å². The lowest BCUT2D eigenvalue weighted by atomic mass is 9.83. The van der Waals surface area contributed by atoms with Crippen molar-refractivity contribution < 1.29 is 4.79 Å². The molecule has 1 aliphatic carbocycles. The highest BCUT2D eigenvalue weighted by molar-refractivity contribution is 5.79. The molecular formula is C17H24N2O. The first-order valence-electron chi connectivity index (χ1n) is 7.91. The monoisotopic (exact) mass is 272 g/mol. The maximum atomic E-state index is 12.4. The lowest BCUT2D eigenvalue weighted by Crippen LogP contribution is -2.44. The Balaban J connectivity index is 1.58. The summed E-state index contributed by atoms with van der Waals surface area (Å²) in [7, 11) is 0. The molecular weight excluding hydrogens is 248 g/mol. The summed E-state index contributed by atoms with van der Waals surface area (Å²) in [5.41, 5.74) is 2.78. The summed E-state index contributed by atoms with van der Waals surface area (Å²) in [5, 5.41) is 6.66. The Labute approximate surface area is 121 Å². The molecule has 2 atom stereocenters. The van der Waals surface area contributed by atoms with Crippen molar-refractivity contribution >= 4 is 5.91 Å². The van der Waals surface area contributed by atoms with Crippen molar-refractivity contribution in [2.75, 3.05) is 13.1 Å². The Morgan fingerprint density at radius 2 is 2.00 bits per heavy atom. The Morgan fingerprint density at radius 3 is 2.90 bits per heavy atom. The van der Waals surface area contributed by atoms with Crippen LogP contribution in [0.15, 0.2) is 24.3 Å². The molecule has 3 nitrogen and oxygen atoms in total. The van der Waals surface area contributed by atoms with Gasteiger partial charge in [-0.1, -0.05) is 30.7 Å². The number of carbonyl (C=O) groups excluding carboxylic acids is 1. The van der Waals surface area contributed by atoms with E-state index >= 15 is 0 Å². The SMILES string of the molecule is O=C(NC1CCCCNC1)C1CCc2ccccc2C1. The van der Waals surface area contributed by atoms with Gasteiger partial charge < -0.3 is 10.6 Å². The van der Waals surface area contributed by atoms with Crippen LogP contribution in [0.25, 0.3) is 0 Å². The first-order valence-corrected chi connectivity index (χ1v) is 7.91. The van der Waals surface area contributed by atoms with Gasteiger partial charge in [0.15, 0.2) is 0 Å². The second-order valence-electron chi connectivity index (χ2n) is 6.11. The predicted octanol–water partition coefficient (Wildman–Crippen LogP) is 2.05. The van der Waals surface area contributed by atoms with Gasteiger partial charge >= 0.3 is 0 Å². The number of aryl methyl sites for hydroxylation is 1. The number of hydrogen-bond donors (Lipinski definition) is 2.